The van der Waals surface area contributed by atoms with Gasteiger partial charge in [0.1, 0.15) is 0 Å². The molecule has 1 aliphatic rings. The number of fused-ring (bicyclic) bond motifs is 1. The lowest BCUT2D eigenvalue weighted by Crippen LogP contribution is -2.45. The lowest BCUT2D eigenvalue weighted by Gasteiger charge is -2.36. The summed E-state index contributed by atoms with van der Waals surface area (Å²) in [5.41, 5.74) is 0.545. The van der Waals surface area contributed by atoms with Crippen LogP contribution in [0.15, 0.2) is 17.4 Å². The molecule has 3 unspecified atom stereocenters. The van der Waals surface area contributed by atoms with Crippen molar-refractivity contribution in [2.75, 3.05) is 13.1 Å². The molecule has 1 saturated heterocycles. The van der Waals surface area contributed by atoms with E-state index in [2.05, 4.69) is 24.0 Å². The smallest absolute Gasteiger partial charge is 0.235 e. The van der Waals surface area contributed by atoms with Crippen molar-refractivity contribution >= 4 is 46.5 Å². The largest absolute Gasteiger partial charge is 0.341 e. The van der Waals surface area contributed by atoms with Gasteiger partial charge in [-0.3, -0.25) is 9.20 Å². The zero-order valence-electron chi connectivity index (χ0n) is 13.9. The number of likely N-dealkylation sites (tertiary alicyclic amines) is 1. The van der Waals surface area contributed by atoms with Gasteiger partial charge in [-0.1, -0.05) is 48.8 Å². The van der Waals surface area contributed by atoms with Gasteiger partial charge in [0.15, 0.2) is 10.8 Å². The molecule has 130 valence electrons. The SMILES string of the molecule is CC1CC(C)CN(C(=O)C(C)Sc2nnc3c(Cl)cc(Cl)cn23)C1. The number of rotatable bonds is 3. The van der Waals surface area contributed by atoms with Crippen molar-refractivity contribution < 1.29 is 4.79 Å². The Labute approximate surface area is 155 Å². The van der Waals surface area contributed by atoms with E-state index in [-0.39, 0.29) is 11.2 Å². The van der Waals surface area contributed by atoms with Crippen LogP contribution < -0.4 is 0 Å². The number of piperidine rings is 1. The number of hydrogen-bond donors (Lipinski definition) is 0. The second-order valence-corrected chi connectivity index (χ2v) is 8.78. The first-order valence-electron chi connectivity index (χ1n) is 8.00. The van der Waals surface area contributed by atoms with Crippen LogP contribution in [-0.2, 0) is 4.79 Å². The van der Waals surface area contributed by atoms with Crippen molar-refractivity contribution in [3.05, 3.63) is 22.3 Å². The molecule has 0 aliphatic carbocycles. The number of halogens is 2. The molecule has 1 aliphatic heterocycles. The van der Waals surface area contributed by atoms with Gasteiger partial charge in [0.05, 0.1) is 15.3 Å². The lowest BCUT2D eigenvalue weighted by molar-refractivity contribution is -0.132. The number of amides is 1. The summed E-state index contributed by atoms with van der Waals surface area (Å²) in [4.78, 5) is 14.8. The average molecular weight is 387 g/mol. The van der Waals surface area contributed by atoms with Crippen LogP contribution in [0.5, 0.6) is 0 Å². The molecule has 3 heterocycles. The van der Waals surface area contributed by atoms with Crippen LogP contribution >= 0.6 is 35.0 Å². The predicted octanol–water partition coefficient (Wildman–Crippen LogP) is 4.02. The summed E-state index contributed by atoms with van der Waals surface area (Å²) < 4.78 is 1.74. The maximum absolute atomic E-state index is 12.8. The highest BCUT2D eigenvalue weighted by molar-refractivity contribution is 8.00. The third kappa shape index (κ3) is 3.65. The number of pyridine rings is 1. The number of aromatic nitrogens is 3. The molecule has 2 aromatic heterocycles. The third-order valence-corrected chi connectivity index (χ3v) is 5.73. The topological polar surface area (TPSA) is 50.5 Å². The fourth-order valence-electron chi connectivity index (χ4n) is 3.29. The Morgan fingerprint density at radius 3 is 2.62 bits per heavy atom. The number of carbonyl (C=O) groups excluding carboxylic acids is 1. The molecule has 24 heavy (non-hydrogen) atoms. The van der Waals surface area contributed by atoms with E-state index in [9.17, 15) is 4.79 Å². The normalized spacial score (nSPS) is 22.8. The monoisotopic (exact) mass is 386 g/mol. The van der Waals surface area contributed by atoms with Gasteiger partial charge < -0.3 is 4.90 Å². The van der Waals surface area contributed by atoms with Crippen molar-refractivity contribution in [1.29, 1.82) is 0 Å². The zero-order valence-corrected chi connectivity index (χ0v) is 16.2. The molecule has 2 aromatic rings. The molecular weight excluding hydrogens is 367 g/mol. The Bertz CT molecular complexity index is 756. The molecule has 1 amide bonds. The average Bonchev–Trinajstić information content (AvgIpc) is 2.88. The van der Waals surface area contributed by atoms with E-state index < -0.39 is 0 Å². The minimum atomic E-state index is -0.243. The van der Waals surface area contributed by atoms with Gasteiger partial charge in [-0.15, -0.1) is 10.2 Å². The van der Waals surface area contributed by atoms with E-state index in [1.807, 2.05) is 11.8 Å². The fraction of sp³-hybridized carbons (Fsp3) is 0.562. The van der Waals surface area contributed by atoms with Gasteiger partial charge in [-0.05, 0) is 31.2 Å². The molecular formula is C16H20Cl2N4OS. The van der Waals surface area contributed by atoms with Gasteiger partial charge in [0.2, 0.25) is 5.91 Å². The van der Waals surface area contributed by atoms with Crippen molar-refractivity contribution in [2.24, 2.45) is 11.8 Å². The second kappa shape index (κ2) is 7.10. The van der Waals surface area contributed by atoms with Crippen LogP contribution in [0.1, 0.15) is 27.2 Å². The van der Waals surface area contributed by atoms with Crippen molar-refractivity contribution in [2.45, 2.75) is 37.6 Å². The summed E-state index contributed by atoms with van der Waals surface area (Å²) in [5.74, 6) is 1.23. The summed E-state index contributed by atoms with van der Waals surface area (Å²) in [7, 11) is 0. The summed E-state index contributed by atoms with van der Waals surface area (Å²) in [6, 6.07) is 1.63. The van der Waals surface area contributed by atoms with Crippen LogP contribution in [0.4, 0.5) is 0 Å². The van der Waals surface area contributed by atoms with Crippen LogP contribution in [0.25, 0.3) is 5.65 Å². The highest BCUT2D eigenvalue weighted by atomic mass is 35.5. The van der Waals surface area contributed by atoms with Gasteiger partial charge in [0.25, 0.3) is 0 Å². The quantitative estimate of drug-likeness (QED) is 0.747. The molecule has 0 saturated carbocycles. The summed E-state index contributed by atoms with van der Waals surface area (Å²) >= 11 is 13.6. The molecule has 0 radical (unpaired) electrons. The standard InChI is InChI=1S/C16H20Cl2N4OS/c1-9-4-10(2)7-21(6-9)15(23)11(3)24-16-20-19-14-13(18)5-12(17)8-22(14)16/h5,8-11H,4,6-7H2,1-3H3. The summed E-state index contributed by atoms with van der Waals surface area (Å²) in [6.07, 6.45) is 2.89. The van der Waals surface area contributed by atoms with Crippen LogP contribution in [0.3, 0.4) is 0 Å². The number of hydrogen-bond acceptors (Lipinski definition) is 4. The van der Waals surface area contributed by atoms with Gasteiger partial charge >= 0.3 is 0 Å². The minimum absolute atomic E-state index is 0.142. The minimum Gasteiger partial charge on any atom is -0.341 e. The second-order valence-electron chi connectivity index (χ2n) is 6.63. The van der Waals surface area contributed by atoms with Crippen LogP contribution in [0, 0.1) is 11.8 Å². The molecule has 3 rings (SSSR count). The molecule has 0 N–H and O–H groups in total. The Morgan fingerprint density at radius 2 is 1.96 bits per heavy atom. The molecule has 0 bridgehead atoms. The number of thioether (sulfide) groups is 1. The van der Waals surface area contributed by atoms with E-state index in [4.69, 9.17) is 23.2 Å². The highest BCUT2D eigenvalue weighted by Gasteiger charge is 2.29. The Morgan fingerprint density at radius 1 is 1.29 bits per heavy atom. The summed E-state index contributed by atoms with van der Waals surface area (Å²) in [5, 5.41) is 9.57. The first-order chi connectivity index (χ1) is 11.3. The van der Waals surface area contributed by atoms with Crippen molar-refractivity contribution in [3.8, 4) is 0 Å². The van der Waals surface area contributed by atoms with E-state index in [0.717, 1.165) is 13.1 Å². The maximum Gasteiger partial charge on any atom is 0.235 e. The molecule has 5 nitrogen and oxygen atoms in total. The fourth-order valence-corrected chi connectivity index (χ4v) is 4.71. The van der Waals surface area contributed by atoms with Crippen LogP contribution in [0.2, 0.25) is 10.0 Å². The zero-order chi connectivity index (χ0) is 17.4. The van der Waals surface area contributed by atoms with E-state index in [1.165, 1.54) is 18.2 Å². The van der Waals surface area contributed by atoms with E-state index >= 15 is 0 Å². The van der Waals surface area contributed by atoms with Gasteiger partial charge in [-0.2, -0.15) is 0 Å². The Balaban J connectivity index is 1.77. The van der Waals surface area contributed by atoms with Crippen molar-refractivity contribution in [1.82, 2.24) is 19.5 Å². The lowest BCUT2D eigenvalue weighted by atomic mass is 9.92. The maximum atomic E-state index is 12.8. The van der Waals surface area contributed by atoms with Crippen LogP contribution in [-0.4, -0.2) is 43.7 Å². The summed E-state index contributed by atoms with van der Waals surface area (Å²) in [6.45, 7) is 7.95. The number of carbonyl (C=O) groups is 1. The van der Waals surface area contributed by atoms with E-state index in [1.54, 1.807) is 16.7 Å². The van der Waals surface area contributed by atoms with Crippen molar-refractivity contribution in [3.63, 3.8) is 0 Å². The molecule has 0 spiro atoms. The molecule has 1 fully saturated rings. The van der Waals surface area contributed by atoms with Gasteiger partial charge in [-0.25, -0.2) is 0 Å². The third-order valence-electron chi connectivity index (χ3n) is 4.21. The highest BCUT2D eigenvalue weighted by Crippen LogP contribution is 2.29. The Kier molecular flexibility index (Phi) is 5.27. The first kappa shape index (κ1) is 17.8. The molecule has 3 atom stereocenters. The predicted molar refractivity (Wildman–Crippen MR) is 97.9 cm³/mol. The Hall–Kier alpha value is -0.980. The van der Waals surface area contributed by atoms with Gasteiger partial charge in [0, 0.05) is 19.3 Å². The number of nitrogens with zero attached hydrogens (tertiary/aromatic N) is 4. The first-order valence-corrected chi connectivity index (χ1v) is 9.64. The van der Waals surface area contributed by atoms with E-state index in [0.29, 0.717) is 32.7 Å². The molecule has 8 heteroatoms. The molecule has 0 aromatic carbocycles.